The van der Waals surface area contributed by atoms with Gasteiger partial charge >= 0.3 is 6.18 Å². The highest BCUT2D eigenvalue weighted by molar-refractivity contribution is 7.89. The fraction of sp³-hybridized carbons (Fsp3) is 0.474. The number of hydrogen-bond donors (Lipinski definition) is 1. The van der Waals surface area contributed by atoms with Crippen LogP contribution in [0.15, 0.2) is 29.7 Å². The van der Waals surface area contributed by atoms with Crippen molar-refractivity contribution in [3.8, 4) is 15.8 Å². The summed E-state index contributed by atoms with van der Waals surface area (Å²) in [5, 5.41) is 7.40. The Morgan fingerprint density at radius 2 is 1.94 bits per heavy atom. The maximum absolute atomic E-state index is 13.6. The van der Waals surface area contributed by atoms with Crippen LogP contribution in [-0.2, 0) is 23.2 Å². The van der Waals surface area contributed by atoms with Crippen LogP contribution in [0.3, 0.4) is 0 Å². The van der Waals surface area contributed by atoms with Gasteiger partial charge in [-0.1, -0.05) is 11.3 Å². The molecule has 0 bridgehead atoms. The molecular formula is C19H22F3N7O3S2. The lowest BCUT2D eigenvalue weighted by atomic mass is 10.1. The molecule has 0 spiro atoms. The molecule has 4 rings (SSSR count). The molecule has 184 valence electrons. The zero-order chi connectivity index (χ0) is 24.5. The van der Waals surface area contributed by atoms with Crippen molar-refractivity contribution in [1.29, 1.82) is 0 Å². The van der Waals surface area contributed by atoms with Crippen LogP contribution in [0.5, 0.6) is 5.06 Å². The number of nitrogens with zero attached hydrogens (tertiary/aromatic N) is 6. The molecule has 1 fully saturated rings. The number of sulfonamides is 1. The van der Waals surface area contributed by atoms with Crippen molar-refractivity contribution in [2.75, 3.05) is 25.0 Å². The molecule has 0 unspecified atom stereocenters. The van der Waals surface area contributed by atoms with Crippen LogP contribution in [0.25, 0.3) is 10.7 Å². The van der Waals surface area contributed by atoms with Gasteiger partial charge in [0.2, 0.25) is 16.0 Å². The highest BCUT2D eigenvalue weighted by Crippen LogP contribution is 2.39. The molecule has 1 saturated heterocycles. The molecule has 1 N–H and O–H groups in total. The van der Waals surface area contributed by atoms with E-state index in [0.717, 1.165) is 17.5 Å². The van der Waals surface area contributed by atoms with Crippen molar-refractivity contribution >= 4 is 27.3 Å². The molecule has 1 aliphatic heterocycles. The molecule has 15 heteroatoms. The minimum atomic E-state index is -4.66. The van der Waals surface area contributed by atoms with Gasteiger partial charge in [-0.25, -0.2) is 23.4 Å². The molecule has 0 aromatic carbocycles. The Morgan fingerprint density at radius 3 is 2.56 bits per heavy atom. The van der Waals surface area contributed by atoms with Gasteiger partial charge in [0.25, 0.3) is 0 Å². The van der Waals surface area contributed by atoms with Crippen LogP contribution < -0.4 is 10.1 Å². The summed E-state index contributed by atoms with van der Waals surface area (Å²) in [4.78, 5) is 12.1. The molecule has 1 aliphatic rings. The zero-order valence-electron chi connectivity index (χ0n) is 18.3. The van der Waals surface area contributed by atoms with Crippen LogP contribution in [-0.4, -0.2) is 63.2 Å². The third-order valence-corrected chi connectivity index (χ3v) is 7.94. The molecule has 3 aromatic rings. The van der Waals surface area contributed by atoms with E-state index in [4.69, 9.17) is 4.74 Å². The van der Waals surface area contributed by atoms with Crippen molar-refractivity contribution in [3.05, 3.63) is 30.4 Å². The van der Waals surface area contributed by atoms with Crippen LogP contribution in [0.2, 0.25) is 0 Å². The first-order valence-electron chi connectivity index (χ1n) is 10.4. The third kappa shape index (κ3) is 5.15. The van der Waals surface area contributed by atoms with Gasteiger partial charge in [0.05, 0.1) is 19.0 Å². The smallest absolute Gasteiger partial charge is 0.420 e. The molecular weight excluding hydrogens is 495 g/mol. The number of aromatic nitrogens is 5. The average molecular weight is 518 g/mol. The normalized spacial score (nSPS) is 16.0. The monoisotopic (exact) mass is 517 g/mol. The number of aryl methyl sites for hydroxylation is 1. The van der Waals surface area contributed by atoms with Gasteiger partial charge in [-0.2, -0.15) is 22.6 Å². The van der Waals surface area contributed by atoms with Gasteiger partial charge in [0.15, 0.2) is 5.06 Å². The molecule has 3 aromatic heterocycles. The number of halogens is 3. The van der Waals surface area contributed by atoms with Gasteiger partial charge in [-0.3, -0.25) is 4.68 Å². The Hall–Kier alpha value is -2.78. The van der Waals surface area contributed by atoms with Gasteiger partial charge < -0.3 is 10.1 Å². The van der Waals surface area contributed by atoms with Crippen molar-refractivity contribution < 1.29 is 26.3 Å². The Kier molecular flexibility index (Phi) is 6.78. The summed E-state index contributed by atoms with van der Waals surface area (Å²) in [7, 11) is -2.02. The molecule has 34 heavy (non-hydrogen) atoms. The van der Waals surface area contributed by atoms with E-state index in [9.17, 15) is 21.6 Å². The summed E-state index contributed by atoms with van der Waals surface area (Å²) in [6, 6.07) is -0.208. The summed E-state index contributed by atoms with van der Waals surface area (Å²) < 4.78 is 74.3. The van der Waals surface area contributed by atoms with Gasteiger partial charge in [-0.15, -0.1) is 0 Å². The Balaban J connectivity index is 1.49. The second-order valence-electron chi connectivity index (χ2n) is 7.54. The largest absolute Gasteiger partial charge is 0.483 e. The molecule has 0 saturated carbocycles. The van der Waals surface area contributed by atoms with Crippen molar-refractivity contribution in [1.82, 2.24) is 29.0 Å². The molecule has 0 amide bonds. The highest BCUT2D eigenvalue weighted by atomic mass is 32.2. The van der Waals surface area contributed by atoms with Gasteiger partial charge in [0.1, 0.15) is 21.2 Å². The molecule has 0 aliphatic carbocycles. The summed E-state index contributed by atoms with van der Waals surface area (Å²) in [5.41, 5.74) is -1.33. The maximum atomic E-state index is 13.6. The minimum absolute atomic E-state index is 0.0183. The lowest BCUT2D eigenvalue weighted by Crippen LogP contribution is -2.42. The number of anilines is 1. The number of alkyl halides is 3. The van der Waals surface area contributed by atoms with E-state index in [1.165, 1.54) is 27.6 Å². The summed E-state index contributed by atoms with van der Waals surface area (Å²) in [6.07, 6.45) is 1.04. The SMILES string of the molecule is CCOc1cnc(-c2nc(NC3CCN(S(=O)(=O)c4cnn(C)c4)CC3)ncc2C(F)(F)F)s1. The first kappa shape index (κ1) is 24.3. The summed E-state index contributed by atoms with van der Waals surface area (Å²) in [5.74, 6) is 0.0183. The Bertz CT molecular complexity index is 1250. The fourth-order valence-electron chi connectivity index (χ4n) is 3.50. The Morgan fingerprint density at radius 1 is 1.21 bits per heavy atom. The predicted molar refractivity (Wildman–Crippen MR) is 118 cm³/mol. The van der Waals surface area contributed by atoms with E-state index in [1.807, 2.05) is 0 Å². The van der Waals surface area contributed by atoms with Crippen LogP contribution >= 0.6 is 11.3 Å². The third-order valence-electron chi connectivity index (χ3n) is 5.17. The van der Waals surface area contributed by atoms with Crippen LogP contribution in [0.1, 0.15) is 25.3 Å². The quantitative estimate of drug-likeness (QED) is 0.509. The minimum Gasteiger partial charge on any atom is -0.483 e. The van der Waals surface area contributed by atoms with E-state index in [1.54, 1.807) is 14.0 Å². The average Bonchev–Trinajstić information content (AvgIpc) is 3.43. The van der Waals surface area contributed by atoms with Crippen LogP contribution in [0.4, 0.5) is 19.1 Å². The number of hydrogen-bond acceptors (Lipinski definition) is 9. The number of nitrogens with one attached hydrogen (secondary N) is 1. The molecule has 10 nitrogen and oxygen atoms in total. The van der Waals surface area contributed by atoms with E-state index in [0.29, 0.717) is 24.5 Å². The summed E-state index contributed by atoms with van der Waals surface area (Å²) in [6.45, 7) is 2.61. The fourth-order valence-corrected chi connectivity index (χ4v) is 5.79. The van der Waals surface area contributed by atoms with E-state index < -0.39 is 21.8 Å². The first-order valence-corrected chi connectivity index (χ1v) is 12.6. The zero-order valence-corrected chi connectivity index (χ0v) is 19.9. The highest BCUT2D eigenvalue weighted by Gasteiger charge is 2.37. The van der Waals surface area contributed by atoms with Gasteiger partial charge in [0, 0.05) is 38.6 Å². The summed E-state index contributed by atoms with van der Waals surface area (Å²) >= 11 is 0.967. The van der Waals surface area contributed by atoms with Gasteiger partial charge in [-0.05, 0) is 19.8 Å². The van der Waals surface area contributed by atoms with Crippen molar-refractivity contribution in [2.45, 2.75) is 36.9 Å². The maximum Gasteiger partial charge on any atom is 0.420 e. The second-order valence-corrected chi connectivity index (χ2v) is 10.5. The predicted octanol–water partition coefficient (Wildman–Crippen LogP) is 3.02. The number of thiazole rings is 1. The first-order chi connectivity index (χ1) is 16.1. The molecule has 0 atom stereocenters. The van der Waals surface area contributed by atoms with E-state index >= 15 is 0 Å². The van der Waals surface area contributed by atoms with Crippen molar-refractivity contribution in [2.24, 2.45) is 7.05 Å². The lowest BCUT2D eigenvalue weighted by Gasteiger charge is -2.31. The second kappa shape index (κ2) is 9.46. The molecule has 4 heterocycles. The number of rotatable bonds is 7. The van der Waals surface area contributed by atoms with E-state index in [2.05, 4.69) is 25.4 Å². The standard InChI is InChI=1S/C19H22F3N7O3S2/c1-3-32-15-10-23-17(33-15)16-14(19(20,21)22)9-24-18(27-16)26-12-4-6-29(7-5-12)34(30,31)13-8-25-28(2)11-13/h8-12H,3-7H2,1-2H3,(H,24,26,27). The Labute approximate surface area is 197 Å². The lowest BCUT2D eigenvalue weighted by molar-refractivity contribution is -0.137. The van der Waals surface area contributed by atoms with E-state index in [-0.39, 0.29) is 40.7 Å². The number of ether oxygens (including phenoxy) is 1. The topological polar surface area (TPSA) is 115 Å². The number of piperidine rings is 1. The van der Waals surface area contributed by atoms with Crippen molar-refractivity contribution in [3.63, 3.8) is 0 Å². The van der Waals surface area contributed by atoms with Crippen LogP contribution in [0, 0.1) is 0 Å². The molecule has 0 radical (unpaired) electrons.